The van der Waals surface area contributed by atoms with Gasteiger partial charge >= 0.3 is 12.3 Å². The number of anilines is 1. The van der Waals surface area contributed by atoms with Gasteiger partial charge < -0.3 is 10.5 Å². The zero-order chi connectivity index (χ0) is 15.6. The summed E-state index contributed by atoms with van der Waals surface area (Å²) in [6.45, 7) is -1.36. The van der Waals surface area contributed by atoms with Crippen molar-refractivity contribution in [2.24, 2.45) is 0 Å². The normalized spacial score (nSPS) is 11.9. The Bertz CT molecular complexity index is 631. The fourth-order valence-corrected chi connectivity index (χ4v) is 1.63. The predicted octanol–water partition coefficient (Wildman–Crippen LogP) is 1.83. The number of aromatic nitrogens is 4. The van der Waals surface area contributed by atoms with E-state index < -0.39 is 18.9 Å². The van der Waals surface area contributed by atoms with Crippen LogP contribution < -0.4 is 10.5 Å². The SMILES string of the molecule is COc1ccc(N)c(-c2nnnn2CC(F)(F)C(F)F)c1. The van der Waals surface area contributed by atoms with E-state index >= 15 is 0 Å². The van der Waals surface area contributed by atoms with Gasteiger partial charge in [-0.1, -0.05) is 0 Å². The molecule has 0 saturated heterocycles. The van der Waals surface area contributed by atoms with Crippen molar-refractivity contribution < 1.29 is 22.3 Å². The molecule has 0 amide bonds. The molecule has 10 heteroatoms. The van der Waals surface area contributed by atoms with Crippen LogP contribution in [0.4, 0.5) is 23.2 Å². The quantitative estimate of drug-likeness (QED) is 0.673. The minimum atomic E-state index is -4.25. The van der Waals surface area contributed by atoms with Gasteiger partial charge in [-0.25, -0.2) is 13.5 Å². The van der Waals surface area contributed by atoms with Crippen LogP contribution in [0, 0.1) is 0 Å². The molecule has 1 heterocycles. The van der Waals surface area contributed by atoms with E-state index in [0.717, 1.165) is 0 Å². The molecule has 0 fully saturated rings. The fraction of sp³-hybridized carbons (Fsp3) is 0.364. The summed E-state index contributed by atoms with van der Waals surface area (Å²) in [5.74, 6) is -4.00. The number of nitrogen functional groups attached to an aromatic ring is 1. The average molecular weight is 305 g/mol. The minimum absolute atomic E-state index is 0.147. The van der Waals surface area contributed by atoms with E-state index in [1.54, 1.807) is 6.07 Å². The van der Waals surface area contributed by atoms with E-state index in [1.165, 1.54) is 19.2 Å². The molecule has 0 aliphatic rings. The number of hydrogen-bond acceptors (Lipinski definition) is 5. The summed E-state index contributed by atoms with van der Waals surface area (Å²) in [6, 6.07) is 4.46. The Labute approximate surface area is 116 Å². The standard InChI is InChI=1S/C11H11F4N5O/c1-21-6-2-3-8(16)7(4-6)9-17-18-19-20(9)5-11(14,15)10(12)13/h2-4,10H,5,16H2,1H3. The van der Waals surface area contributed by atoms with Crippen LogP contribution in [0.2, 0.25) is 0 Å². The molecule has 0 bridgehead atoms. The van der Waals surface area contributed by atoms with E-state index in [0.29, 0.717) is 10.4 Å². The van der Waals surface area contributed by atoms with Crippen molar-refractivity contribution in [1.82, 2.24) is 20.2 Å². The third-order valence-electron chi connectivity index (χ3n) is 2.71. The molecule has 0 atom stereocenters. The van der Waals surface area contributed by atoms with Crippen LogP contribution in [-0.2, 0) is 6.54 Å². The van der Waals surface area contributed by atoms with Crippen LogP contribution in [0.25, 0.3) is 11.4 Å². The van der Waals surface area contributed by atoms with Gasteiger partial charge in [-0.05, 0) is 28.6 Å². The van der Waals surface area contributed by atoms with Crippen LogP contribution in [0.1, 0.15) is 0 Å². The molecule has 0 aliphatic carbocycles. The number of hydrogen-bond donors (Lipinski definition) is 1. The number of rotatable bonds is 5. The Morgan fingerprint density at radius 3 is 2.71 bits per heavy atom. The monoisotopic (exact) mass is 305 g/mol. The molecule has 21 heavy (non-hydrogen) atoms. The number of methoxy groups -OCH3 is 1. The Kier molecular flexibility index (Phi) is 3.96. The van der Waals surface area contributed by atoms with Crippen molar-refractivity contribution in [3.05, 3.63) is 18.2 Å². The minimum Gasteiger partial charge on any atom is -0.497 e. The number of halogens is 4. The van der Waals surface area contributed by atoms with Gasteiger partial charge in [0.05, 0.1) is 7.11 Å². The molecule has 0 spiro atoms. The molecule has 2 rings (SSSR count). The van der Waals surface area contributed by atoms with Crippen molar-refractivity contribution in [3.8, 4) is 17.1 Å². The average Bonchev–Trinajstić information content (AvgIpc) is 2.86. The first kappa shape index (κ1) is 15.0. The highest BCUT2D eigenvalue weighted by Gasteiger charge is 2.42. The molecule has 0 radical (unpaired) electrons. The lowest BCUT2D eigenvalue weighted by molar-refractivity contribution is -0.139. The summed E-state index contributed by atoms with van der Waals surface area (Å²) in [4.78, 5) is 0. The first-order valence-electron chi connectivity index (χ1n) is 5.71. The zero-order valence-electron chi connectivity index (χ0n) is 10.8. The highest BCUT2D eigenvalue weighted by atomic mass is 19.3. The molecular weight excluding hydrogens is 294 g/mol. The van der Waals surface area contributed by atoms with Gasteiger partial charge in [-0.15, -0.1) is 5.10 Å². The van der Waals surface area contributed by atoms with Crippen molar-refractivity contribution in [2.75, 3.05) is 12.8 Å². The second kappa shape index (κ2) is 5.54. The Morgan fingerprint density at radius 2 is 2.10 bits per heavy atom. The second-order valence-corrected chi connectivity index (χ2v) is 4.18. The maximum atomic E-state index is 13.1. The number of alkyl halides is 4. The van der Waals surface area contributed by atoms with E-state index in [1.807, 2.05) is 0 Å². The summed E-state index contributed by atoms with van der Waals surface area (Å²) in [6.07, 6.45) is -3.82. The topological polar surface area (TPSA) is 78.8 Å². The van der Waals surface area contributed by atoms with E-state index in [9.17, 15) is 17.6 Å². The second-order valence-electron chi connectivity index (χ2n) is 4.18. The van der Waals surface area contributed by atoms with Crippen LogP contribution in [0.15, 0.2) is 18.2 Å². The molecule has 1 aromatic heterocycles. The van der Waals surface area contributed by atoms with Crippen molar-refractivity contribution in [2.45, 2.75) is 18.9 Å². The molecule has 2 aromatic rings. The third-order valence-corrected chi connectivity index (χ3v) is 2.71. The lowest BCUT2D eigenvalue weighted by Gasteiger charge is -2.16. The van der Waals surface area contributed by atoms with E-state index in [4.69, 9.17) is 10.5 Å². The Morgan fingerprint density at radius 1 is 1.38 bits per heavy atom. The lowest BCUT2D eigenvalue weighted by Crippen LogP contribution is -2.32. The predicted molar refractivity (Wildman–Crippen MR) is 65.2 cm³/mol. The van der Waals surface area contributed by atoms with Gasteiger partial charge in [0.2, 0.25) is 0 Å². The largest absolute Gasteiger partial charge is 0.497 e. The molecule has 0 saturated carbocycles. The van der Waals surface area contributed by atoms with Gasteiger partial charge in [0.15, 0.2) is 5.82 Å². The smallest absolute Gasteiger partial charge is 0.326 e. The van der Waals surface area contributed by atoms with Crippen LogP contribution in [0.3, 0.4) is 0 Å². The number of nitrogens with zero attached hydrogens (tertiary/aromatic N) is 4. The molecular formula is C11H11F4N5O. The van der Waals surface area contributed by atoms with Crippen LogP contribution >= 0.6 is 0 Å². The van der Waals surface area contributed by atoms with Gasteiger partial charge in [-0.2, -0.15) is 8.78 Å². The van der Waals surface area contributed by atoms with Gasteiger partial charge in [0.1, 0.15) is 12.3 Å². The lowest BCUT2D eigenvalue weighted by atomic mass is 10.1. The van der Waals surface area contributed by atoms with E-state index in [-0.39, 0.29) is 17.1 Å². The third kappa shape index (κ3) is 3.03. The number of tetrazole rings is 1. The first-order valence-corrected chi connectivity index (χ1v) is 5.71. The van der Waals surface area contributed by atoms with Crippen LogP contribution in [0.5, 0.6) is 5.75 Å². The number of benzene rings is 1. The summed E-state index contributed by atoms with van der Waals surface area (Å²) < 4.78 is 56.3. The zero-order valence-corrected chi connectivity index (χ0v) is 10.8. The van der Waals surface area contributed by atoms with E-state index in [2.05, 4.69) is 15.5 Å². The number of nitrogens with two attached hydrogens (primary N) is 1. The van der Waals surface area contributed by atoms with Gasteiger partial charge in [0.25, 0.3) is 0 Å². The molecule has 6 nitrogen and oxygen atoms in total. The molecule has 0 aliphatic heterocycles. The Hall–Kier alpha value is -2.39. The highest BCUT2D eigenvalue weighted by Crippen LogP contribution is 2.30. The van der Waals surface area contributed by atoms with Gasteiger partial charge in [0, 0.05) is 11.3 Å². The highest BCUT2D eigenvalue weighted by molar-refractivity contribution is 5.73. The summed E-state index contributed by atoms with van der Waals surface area (Å²) in [5, 5.41) is 10.1. The van der Waals surface area contributed by atoms with Gasteiger partial charge in [-0.3, -0.25) is 0 Å². The van der Waals surface area contributed by atoms with Crippen LogP contribution in [-0.4, -0.2) is 39.7 Å². The summed E-state index contributed by atoms with van der Waals surface area (Å²) in [7, 11) is 1.41. The molecule has 114 valence electrons. The maximum absolute atomic E-state index is 13.1. The molecule has 2 N–H and O–H groups in total. The molecule has 0 unspecified atom stereocenters. The van der Waals surface area contributed by atoms with Crippen molar-refractivity contribution in [1.29, 1.82) is 0 Å². The Balaban J connectivity index is 2.41. The summed E-state index contributed by atoms with van der Waals surface area (Å²) in [5.41, 5.74) is 6.14. The molecule has 1 aromatic carbocycles. The van der Waals surface area contributed by atoms with Crippen molar-refractivity contribution in [3.63, 3.8) is 0 Å². The maximum Gasteiger partial charge on any atom is 0.326 e. The first-order chi connectivity index (χ1) is 9.85. The summed E-state index contributed by atoms with van der Waals surface area (Å²) >= 11 is 0. The van der Waals surface area contributed by atoms with Crippen molar-refractivity contribution >= 4 is 5.69 Å². The fourth-order valence-electron chi connectivity index (χ4n) is 1.63. The number of ether oxygens (including phenoxy) is 1.